The zero-order valence-corrected chi connectivity index (χ0v) is 19.4. The summed E-state index contributed by atoms with van der Waals surface area (Å²) in [6.07, 6.45) is 1.36. The van der Waals surface area contributed by atoms with Crippen LogP contribution < -0.4 is 5.32 Å². The maximum absolute atomic E-state index is 12.8. The molecule has 0 saturated carbocycles. The number of nitrogens with one attached hydrogen (secondary N) is 1. The van der Waals surface area contributed by atoms with Gasteiger partial charge in [0.25, 0.3) is 0 Å². The van der Waals surface area contributed by atoms with Crippen LogP contribution in [-0.4, -0.2) is 48.0 Å². The molecular weight excluding hydrogens is 412 g/mol. The molecular formula is C25H31ClN2O3. The van der Waals surface area contributed by atoms with Crippen molar-refractivity contribution < 1.29 is 14.3 Å². The fraction of sp³-hybridized carbons (Fsp3) is 0.440. The number of nitrogens with zero attached hydrogens (tertiary/aromatic N) is 1. The van der Waals surface area contributed by atoms with Gasteiger partial charge >= 0.3 is 6.09 Å². The Morgan fingerprint density at radius 3 is 2.06 bits per heavy atom. The second-order valence-corrected chi connectivity index (χ2v) is 9.30. The third-order valence-electron chi connectivity index (χ3n) is 5.56. The van der Waals surface area contributed by atoms with Gasteiger partial charge < -0.3 is 15.0 Å². The standard InChI is InChI=1S/C25H31ClN2O3/c1-25(2,3)31-24(30)27-21(16-28(4)22(29)15-26)23-19-11-7-5-9-17(19)13-14-18-10-6-8-12-20(18)23/h5-12,21,23H,13-16H2,1-4H3,(H,27,30). The third kappa shape index (κ3) is 5.79. The number of halogens is 1. The minimum Gasteiger partial charge on any atom is -0.444 e. The lowest BCUT2D eigenvalue weighted by molar-refractivity contribution is -0.127. The molecule has 2 amide bonds. The van der Waals surface area contributed by atoms with Crippen LogP contribution in [0.4, 0.5) is 4.79 Å². The molecule has 0 radical (unpaired) electrons. The van der Waals surface area contributed by atoms with Crippen molar-refractivity contribution in [1.29, 1.82) is 0 Å². The number of hydrogen-bond donors (Lipinski definition) is 1. The topological polar surface area (TPSA) is 58.6 Å². The van der Waals surface area contributed by atoms with E-state index in [0.717, 1.165) is 12.8 Å². The fourth-order valence-electron chi connectivity index (χ4n) is 4.19. The van der Waals surface area contributed by atoms with Gasteiger partial charge in [-0.15, -0.1) is 11.6 Å². The molecule has 31 heavy (non-hydrogen) atoms. The molecule has 5 nitrogen and oxygen atoms in total. The van der Waals surface area contributed by atoms with Gasteiger partial charge in [-0.25, -0.2) is 4.79 Å². The van der Waals surface area contributed by atoms with E-state index >= 15 is 0 Å². The van der Waals surface area contributed by atoms with E-state index in [0.29, 0.717) is 6.54 Å². The Bertz CT molecular complexity index is 891. The SMILES string of the molecule is CN(CC(NC(=O)OC(C)(C)C)C1c2ccccc2CCc2ccccc21)C(=O)CCl. The molecule has 1 aliphatic carbocycles. The maximum Gasteiger partial charge on any atom is 0.407 e. The van der Waals surface area contributed by atoms with Crippen LogP contribution in [0, 0.1) is 0 Å². The van der Waals surface area contributed by atoms with Crippen molar-refractivity contribution in [3.63, 3.8) is 0 Å². The van der Waals surface area contributed by atoms with Crippen molar-refractivity contribution in [2.24, 2.45) is 0 Å². The summed E-state index contributed by atoms with van der Waals surface area (Å²) in [5.74, 6) is -0.408. The molecule has 1 atom stereocenters. The molecule has 0 fully saturated rings. The number of hydrogen-bond acceptors (Lipinski definition) is 3. The summed E-state index contributed by atoms with van der Waals surface area (Å²) in [4.78, 5) is 26.6. The normalized spacial score (nSPS) is 14.6. The summed E-state index contributed by atoms with van der Waals surface area (Å²) in [7, 11) is 1.71. The maximum atomic E-state index is 12.8. The molecule has 0 aromatic heterocycles. The number of rotatable bonds is 5. The summed E-state index contributed by atoms with van der Waals surface area (Å²) < 4.78 is 5.56. The highest BCUT2D eigenvalue weighted by atomic mass is 35.5. The lowest BCUT2D eigenvalue weighted by atomic mass is 9.82. The van der Waals surface area contributed by atoms with Crippen LogP contribution in [0.1, 0.15) is 48.9 Å². The van der Waals surface area contributed by atoms with E-state index in [1.54, 1.807) is 11.9 Å². The molecule has 6 heteroatoms. The highest BCUT2D eigenvalue weighted by Crippen LogP contribution is 2.37. The number of amides is 2. The van der Waals surface area contributed by atoms with E-state index in [9.17, 15) is 9.59 Å². The van der Waals surface area contributed by atoms with E-state index in [4.69, 9.17) is 16.3 Å². The second kappa shape index (κ2) is 9.73. The zero-order valence-electron chi connectivity index (χ0n) is 18.7. The molecule has 2 aromatic carbocycles. The molecule has 1 N–H and O–H groups in total. The van der Waals surface area contributed by atoms with Gasteiger partial charge in [0.1, 0.15) is 11.5 Å². The van der Waals surface area contributed by atoms with Crippen LogP contribution in [0.5, 0.6) is 0 Å². The predicted octanol–water partition coefficient (Wildman–Crippen LogP) is 4.51. The highest BCUT2D eigenvalue weighted by molar-refractivity contribution is 6.27. The number of carbonyl (C=O) groups is 2. The van der Waals surface area contributed by atoms with E-state index in [1.807, 2.05) is 45.0 Å². The summed E-state index contributed by atoms with van der Waals surface area (Å²) in [5, 5.41) is 3.06. The molecule has 1 unspecified atom stereocenters. The minimum atomic E-state index is -0.619. The van der Waals surface area contributed by atoms with Gasteiger partial charge in [0, 0.05) is 19.5 Å². The summed E-state index contributed by atoms with van der Waals surface area (Å²) in [5.41, 5.74) is 4.23. The summed E-state index contributed by atoms with van der Waals surface area (Å²) >= 11 is 5.79. The van der Waals surface area contributed by atoms with Gasteiger partial charge in [-0.05, 0) is 55.9 Å². The first-order chi connectivity index (χ1) is 14.7. The van der Waals surface area contributed by atoms with Crippen molar-refractivity contribution in [2.75, 3.05) is 19.5 Å². The molecule has 0 heterocycles. The minimum absolute atomic E-state index is 0.104. The molecule has 1 aliphatic rings. The predicted molar refractivity (Wildman–Crippen MR) is 124 cm³/mol. The number of aryl methyl sites for hydroxylation is 2. The quantitative estimate of drug-likeness (QED) is 0.693. The molecule has 3 rings (SSSR count). The first kappa shape index (κ1) is 23.1. The monoisotopic (exact) mass is 442 g/mol. The molecule has 0 spiro atoms. The molecule has 166 valence electrons. The number of ether oxygens (including phenoxy) is 1. The van der Waals surface area contributed by atoms with Crippen molar-refractivity contribution in [1.82, 2.24) is 10.2 Å². The van der Waals surface area contributed by atoms with E-state index in [2.05, 4.69) is 29.6 Å². The lowest BCUT2D eigenvalue weighted by Crippen LogP contribution is -2.49. The van der Waals surface area contributed by atoms with Crippen molar-refractivity contribution >= 4 is 23.6 Å². The van der Waals surface area contributed by atoms with Crippen molar-refractivity contribution in [2.45, 2.75) is 51.2 Å². The Morgan fingerprint density at radius 2 is 1.58 bits per heavy atom. The zero-order chi connectivity index (χ0) is 22.6. The van der Waals surface area contributed by atoms with Crippen molar-refractivity contribution in [3.05, 3.63) is 70.8 Å². The van der Waals surface area contributed by atoms with Gasteiger partial charge in [0.15, 0.2) is 0 Å². The molecule has 0 saturated heterocycles. The number of benzene rings is 2. The number of fused-ring (bicyclic) bond motifs is 2. The molecule has 0 aliphatic heterocycles. The van der Waals surface area contributed by atoms with Crippen LogP contribution >= 0.6 is 11.6 Å². The Labute approximate surface area is 189 Å². The molecule has 2 aromatic rings. The highest BCUT2D eigenvalue weighted by Gasteiger charge is 2.34. The summed E-state index contributed by atoms with van der Waals surface area (Å²) in [6, 6.07) is 16.3. The van der Waals surface area contributed by atoms with Gasteiger partial charge in [0.05, 0.1) is 6.04 Å². The van der Waals surface area contributed by atoms with Gasteiger partial charge in [-0.1, -0.05) is 48.5 Å². The second-order valence-electron chi connectivity index (χ2n) is 9.04. The van der Waals surface area contributed by atoms with Gasteiger partial charge in [0.2, 0.25) is 5.91 Å². The van der Waals surface area contributed by atoms with Crippen LogP contribution in [0.2, 0.25) is 0 Å². The average molecular weight is 443 g/mol. The first-order valence-electron chi connectivity index (χ1n) is 10.6. The smallest absolute Gasteiger partial charge is 0.407 e. The number of carbonyl (C=O) groups excluding carboxylic acids is 2. The van der Waals surface area contributed by atoms with Crippen molar-refractivity contribution in [3.8, 4) is 0 Å². The fourth-order valence-corrected chi connectivity index (χ4v) is 4.40. The van der Waals surface area contributed by atoms with E-state index in [1.165, 1.54) is 22.3 Å². The molecule has 0 bridgehead atoms. The Kier molecular flexibility index (Phi) is 7.26. The van der Waals surface area contributed by atoms with E-state index in [-0.39, 0.29) is 23.7 Å². The number of likely N-dealkylation sites (N-methyl/N-ethyl adjacent to an activating group) is 1. The number of alkyl halides is 1. The summed E-state index contributed by atoms with van der Waals surface area (Å²) in [6.45, 7) is 5.82. The first-order valence-corrected chi connectivity index (χ1v) is 11.2. The van der Waals surface area contributed by atoms with Crippen LogP contribution in [0.15, 0.2) is 48.5 Å². The average Bonchev–Trinajstić information content (AvgIpc) is 2.88. The number of alkyl carbamates (subject to hydrolysis) is 1. The Morgan fingerprint density at radius 1 is 1.06 bits per heavy atom. The largest absolute Gasteiger partial charge is 0.444 e. The van der Waals surface area contributed by atoms with Crippen LogP contribution in [0.25, 0.3) is 0 Å². The Hall–Kier alpha value is -2.53. The lowest BCUT2D eigenvalue weighted by Gasteiger charge is -2.33. The third-order valence-corrected chi connectivity index (χ3v) is 5.79. The van der Waals surface area contributed by atoms with E-state index < -0.39 is 11.7 Å². The van der Waals surface area contributed by atoms with Crippen LogP contribution in [0.3, 0.4) is 0 Å². The van der Waals surface area contributed by atoms with Gasteiger partial charge in [-0.2, -0.15) is 0 Å². The Balaban J connectivity index is 2.06. The van der Waals surface area contributed by atoms with Gasteiger partial charge in [-0.3, -0.25) is 4.79 Å². The van der Waals surface area contributed by atoms with Crippen LogP contribution in [-0.2, 0) is 22.4 Å².